The van der Waals surface area contributed by atoms with Crippen LogP contribution in [0.2, 0.25) is 5.02 Å². The molecule has 0 amide bonds. The molecule has 19 heavy (non-hydrogen) atoms. The van der Waals surface area contributed by atoms with Gasteiger partial charge in [-0.1, -0.05) is 41.4 Å². The number of benzene rings is 1. The highest BCUT2D eigenvalue weighted by Gasteiger charge is 2.31. The molecule has 0 aliphatic rings. The van der Waals surface area contributed by atoms with Gasteiger partial charge in [0.05, 0.1) is 9.92 Å². The molecular formula is C12H16Br2ClNO2S. The Bertz CT molecular complexity index is 536. The first-order chi connectivity index (χ1) is 8.80. The summed E-state index contributed by atoms with van der Waals surface area (Å²) in [5.41, 5.74) is -0.467. The molecule has 0 aromatic heterocycles. The van der Waals surface area contributed by atoms with E-state index in [1.807, 2.05) is 13.8 Å². The lowest BCUT2D eigenvalue weighted by molar-refractivity contribution is 0.398. The first-order valence-electron chi connectivity index (χ1n) is 5.85. The molecule has 108 valence electrons. The van der Waals surface area contributed by atoms with Crippen molar-refractivity contribution in [3.05, 3.63) is 27.7 Å². The van der Waals surface area contributed by atoms with Gasteiger partial charge in [-0.3, -0.25) is 0 Å². The van der Waals surface area contributed by atoms with Crippen LogP contribution in [0.3, 0.4) is 0 Å². The molecule has 0 bridgehead atoms. The second-order valence-electron chi connectivity index (χ2n) is 4.30. The predicted molar refractivity (Wildman–Crippen MR) is 86.6 cm³/mol. The molecule has 0 fully saturated rings. The largest absolute Gasteiger partial charge is 0.241 e. The molecule has 0 aliphatic heterocycles. The Morgan fingerprint density at radius 3 is 2.32 bits per heavy atom. The van der Waals surface area contributed by atoms with Gasteiger partial charge in [0.1, 0.15) is 0 Å². The van der Waals surface area contributed by atoms with Crippen LogP contribution in [0.25, 0.3) is 0 Å². The van der Waals surface area contributed by atoms with Gasteiger partial charge in [0.2, 0.25) is 10.0 Å². The van der Waals surface area contributed by atoms with E-state index in [9.17, 15) is 8.42 Å². The van der Waals surface area contributed by atoms with Gasteiger partial charge in [-0.2, -0.15) is 0 Å². The van der Waals surface area contributed by atoms with E-state index >= 15 is 0 Å². The van der Waals surface area contributed by atoms with Gasteiger partial charge in [0, 0.05) is 15.3 Å². The third-order valence-electron chi connectivity index (χ3n) is 3.16. The maximum absolute atomic E-state index is 12.4. The van der Waals surface area contributed by atoms with Crippen molar-refractivity contribution >= 4 is 53.5 Å². The number of nitrogens with one attached hydrogen (secondary N) is 1. The molecule has 0 radical (unpaired) electrons. The maximum Gasteiger partial charge on any atom is 0.241 e. The summed E-state index contributed by atoms with van der Waals surface area (Å²) in [6.45, 7) is 3.93. The van der Waals surface area contributed by atoms with E-state index in [4.69, 9.17) is 11.6 Å². The fourth-order valence-electron chi connectivity index (χ4n) is 1.60. The van der Waals surface area contributed by atoms with Crippen molar-refractivity contribution < 1.29 is 8.42 Å². The summed E-state index contributed by atoms with van der Waals surface area (Å²) in [4.78, 5) is 0.205. The number of sulfonamides is 1. The van der Waals surface area contributed by atoms with E-state index < -0.39 is 15.6 Å². The zero-order valence-electron chi connectivity index (χ0n) is 10.7. The van der Waals surface area contributed by atoms with E-state index in [1.165, 1.54) is 12.1 Å². The van der Waals surface area contributed by atoms with Crippen LogP contribution in [0.5, 0.6) is 0 Å². The van der Waals surface area contributed by atoms with Crippen molar-refractivity contribution in [2.24, 2.45) is 0 Å². The standard InChI is InChI=1S/C12H16Br2ClNO2S/c1-3-12(4-2,8-13)16-19(17,18)9-5-6-11(15)10(14)7-9/h5-7,16H,3-4,8H2,1-2H3. The third kappa shape index (κ3) is 4.17. The minimum Gasteiger partial charge on any atom is -0.207 e. The lowest BCUT2D eigenvalue weighted by Gasteiger charge is -2.30. The molecule has 3 nitrogen and oxygen atoms in total. The zero-order chi connectivity index (χ0) is 14.7. The van der Waals surface area contributed by atoms with Crippen molar-refractivity contribution in [1.29, 1.82) is 0 Å². The van der Waals surface area contributed by atoms with Crippen molar-refractivity contribution in [2.45, 2.75) is 37.1 Å². The predicted octanol–water partition coefficient (Wildman–Crippen LogP) is 4.33. The van der Waals surface area contributed by atoms with Gasteiger partial charge < -0.3 is 0 Å². The lowest BCUT2D eigenvalue weighted by atomic mass is 9.97. The summed E-state index contributed by atoms with van der Waals surface area (Å²) in [6, 6.07) is 4.57. The highest BCUT2D eigenvalue weighted by atomic mass is 79.9. The molecular weight excluding hydrogens is 417 g/mol. The van der Waals surface area contributed by atoms with E-state index in [1.54, 1.807) is 6.07 Å². The number of hydrogen-bond acceptors (Lipinski definition) is 2. The Hall–Kier alpha value is 0.380. The van der Waals surface area contributed by atoms with Crippen molar-refractivity contribution in [3.63, 3.8) is 0 Å². The summed E-state index contributed by atoms with van der Waals surface area (Å²) in [7, 11) is -3.56. The number of rotatable bonds is 6. The zero-order valence-corrected chi connectivity index (χ0v) is 15.5. The average molecular weight is 434 g/mol. The van der Waals surface area contributed by atoms with Crippen molar-refractivity contribution in [1.82, 2.24) is 4.72 Å². The molecule has 0 spiro atoms. The molecule has 0 atom stereocenters. The van der Waals surface area contributed by atoms with Crippen LogP contribution >= 0.6 is 43.5 Å². The fraction of sp³-hybridized carbons (Fsp3) is 0.500. The first kappa shape index (κ1) is 17.4. The molecule has 7 heteroatoms. The third-order valence-corrected chi connectivity index (χ3v) is 7.03. The van der Waals surface area contributed by atoms with E-state index in [-0.39, 0.29) is 4.90 Å². The van der Waals surface area contributed by atoms with Gasteiger partial charge in [-0.05, 0) is 47.0 Å². The molecule has 0 saturated heterocycles. The average Bonchev–Trinajstić information content (AvgIpc) is 2.39. The second-order valence-corrected chi connectivity index (χ2v) is 7.81. The molecule has 0 aliphatic carbocycles. The molecule has 1 aromatic rings. The van der Waals surface area contributed by atoms with Gasteiger partial charge >= 0.3 is 0 Å². The summed E-state index contributed by atoms with van der Waals surface area (Å²) >= 11 is 12.5. The quantitative estimate of drug-likeness (QED) is 0.679. The Morgan fingerprint density at radius 1 is 1.32 bits per heavy atom. The van der Waals surface area contributed by atoms with Crippen LogP contribution in [0.4, 0.5) is 0 Å². The van der Waals surface area contributed by atoms with E-state index in [0.717, 1.165) is 0 Å². The SMILES string of the molecule is CCC(CC)(CBr)NS(=O)(=O)c1ccc(Cl)c(Br)c1. The van der Waals surface area contributed by atoms with Crippen LogP contribution in [0.1, 0.15) is 26.7 Å². The topological polar surface area (TPSA) is 46.2 Å². The van der Waals surface area contributed by atoms with Crippen LogP contribution in [0.15, 0.2) is 27.6 Å². The van der Waals surface area contributed by atoms with E-state index in [0.29, 0.717) is 27.7 Å². The molecule has 1 N–H and O–H groups in total. The van der Waals surface area contributed by atoms with E-state index in [2.05, 4.69) is 36.6 Å². The highest BCUT2D eigenvalue weighted by molar-refractivity contribution is 9.10. The Kier molecular flexibility index (Phi) is 6.32. The van der Waals surface area contributed by atoms with Gasteiger partial charge in [0.15, 0.2) is 0 Å². The van der Waals surface area contributed by atoms with Crippen molar-refractivity contribution in [3.8, 4) is 0 Å². The Morgan fingerprint density at radius 2 is 1.89 bits per heavy atom. The van der Waals surface area contributed by atoms with Gasteiger partial charge in [0.25, 0.3) is 0 Å². The number of hydrogen-bond donors (Lipinski definition) is 1. The molecule has 0 heterocycles. The van der Waals surface area contributed by atoms with Gasteiger partial charge in [-0.25, -0.2) is 13.1 Å². The molecule has 0 saturated carbocycles. The summed E-state index contributed by atoms with van der Waals surface area (Å²) < 4.78 is 28.1. The molecule has 0 unspecified atom stereocenters. The first-order valence-corrected chi connectivity index (χ1v) is 9.63. The number of alkyl halides is 1. The lowest BCUT2D eigenvalue weighted by Crippen LogP contribution is -2.48. The summed E-state index contributed by atoms with van der Waals surface area (Å²) in [5.74, 6) is 0. The monoisotopic (exact) mass is 431 g/mol. The summed E-state index contributed by atoms with van der Waals surface area (Å²) in [5, 5.41) is 1.05. The van der Waals surface area contributed by atoms with Crippen LogP contribution < -0.4 is 4.72 Å². The van der Waals surface area contributed by atoms with Crippen LogP contribution in [-0.4, -0.2) is 19.3 Å². The van der Waals surface area contributed by atoms with Crippen LogP contribution in [-0.2, 0) is 10.0 Å². The van der Waals surface area contributed by atoms with Crippen molar-refractivity contribution in [2.75, 3.05) is 5.33 Å². The second kappa shape index (κ2) is 6.89. The maximum atomic E-state index is 12.4. The fourth-order valence-corrected chi connectivity index (χ4v) is 4.93. The normalized spacial score (nSPS) is 12.7. The molecule has 1 aromatic carbocycles. The smallest absolute Gasteiger partial charge is 0.207 e. The minimum atomic E-state index is -3.56. The van der Waals surface area contributed by atoms with Crippen LogP contribution in [0, 0.1) is 0 Å². The number of halogens is 3. The Labute approximate surface area is 136 Å². The highest BCUT2D eigenvalue weighted by Crippen LogP contribution is 2.27. The minimum absolute atomic E-state index is 0.205. The molecule has 1 rings (SSSR count). The van der Waals surface area contributed by atoms with Gasteiger partial charge in [-0.15, -0.1) is 0 Å². The summed E-state index contributed by atoms with van der Waals surface area (Å²) in [6.07, 6.45) is 1.42. The Balaban J connectivity index is 3.14.